The van der Waals surface area contributed by atoms with Crippen LogP contribution in [0.1, 0.15) is 52.9 Å². The van der Waals surface area contributed by atoms with E-state index in [1.165, 1.54) is 4.90 Å². The van der Waals surface area contributed by atoms with E-state index in [0.717, 1.165) is 19.3 Å². The van der Waals surface area contributed by atoms with Crippen LogP contribution in [0.25, 0.3) is 0 Å². The fourth-order valence-electron chi connectivity index (χ4n) is 5.82. The molecule has 1 N–H and O–H groups in total. The van der Waals surface area contributed by atoms with E-state index in [1.807, 2.05) is 6.92 Å². The molecule has 0 aromatic rings. The number of amides is 2. The van der Waals surface area contributed by atoms with Gasteiger partial charge in [0.15, 0.2) is 0 Å². The van der Waals surface area contributed by atoms with Crippen molar-refractivity contribution in [2.75, 3.05) is 32.8 Å². The van der Waals surface area contributed by atoms with Gasteiger partial charge in [-0.05, 0) is 33.1 Å². The minimum Gasteiger partial charge on any atom is -0.466 e. The van der Waals surface area contributed by atoms with Crippen LogP contribution in [0.5, 0.6) is 0 Å². The number of nitrogens with zero attached hydrogens (tertiary/aromatic N) is 2. The SMILES string of the molecule is C=CCN(CCCCC)C(=O)C1N(CCO)C(=O)[C@@H]2[C@H](C(=O)OCC)[C@]3(C)CCC12O3. The number of carbonyl (C=O) groups excluding carboxylic acids is 3. The smallest absolute Gasteiger partial charge is 0.312 e. The van der Waals surface area contributed by atoms with E-state index in [1.54, 1.807) is 17.9 Å². The molecule has 5 atom stereocenters. The summed E-state index contributed by atoms with van der Waals surface area (Å²) in [5, 5.41) is 9.63. The normalized spacial score (nSPS) is 33.5. The number of likely N-dealkylation sites (tertiary alicyclic amines) is 1. The van der Waals surface area contributed by atoms with Gasteiger partial charge in [-0.2, -0.15) is 0 Å². The molecule has 0 radical (unpaired) electrons. The molecule has 8 heteroatoms. The van der Waals surface area contributed by atoms with Crippen LogP contribution >= 0.6 is 0 Å². The second-order valence-electron chi connectivity index (χ2n) is 9.01. The van der Waals surface area contributed by atoms with Crippen molar-refractivity contribution in [3.05, 3.63) is 12.7 Å². The number of unbranched alkanes of at least 4 members (excludes halogenated alkanes) is 2. The predicted molar refractivity (Wildman–Crippen MR) is 114 cm³/mol. The van der Waals surface area contributed by atoms with Crippen molar-refractivity contribution >= 4 is 17.8 Å². The van der Waals surface area contributed by atoms with Gasteiger partial charge in [0.05, 0.1) is 24.7 Å². The molecular formula is C23H36N2O6. The van der Waals surface area contributed by atoms with Gasteiger partial charge < -0.3 is 24.4 Å². The van der Waals surface area contributed by atoms with Crippen LogP contribution in [0.15, 0.2) is 12.7 Å². The molecule has 0 aliphatic carbocycles. The molecule has 2 bridgehead atoms. The molecule has 1 spiro atoms. The van der Waals surface area contributed by atoms with Gasteiger partial charge >= 0.3 is 5.97 Å². The number of aliphatic hydroxyl groups excluding tert-OH is 1. The van der Waals surface area contributed by atoms with Crippen LogP contribution in [0.2, 0.25) is 0 Å². The molecule has 3 heterocycles. The van der Waals surface area contributed by atoms with Gasteiger partial charge in [0.1, 0.15) is 17.6 Å². The van der Waals surface area contributed by atoms with E-state index < -0.39 is 35.0 Å². The summed E-state index contributed by atoms with van der Waals surface area (Å²) in [6.45, 7) is 10.4. The maximum atomic E-state index is 13.8. The van der Waals surface area contributed by atoms with Gasteiger partial charge in [-0.25, -0.2) is 0 Å². The number of hydrogen-bond acceptors (Lipinski definition) is 6. The highest BCUT2D eigenvalue weighted by atomic mass is 16.6. The Morgan fingerprint density at radius 1 is 1.35 bits per heavy atom. The van der Waals surface area contributed by atoms with Crippen LogP contribution in [0.3, 0.4) is 0 Å². The number of carbonyl (C=O) groups is 3. The molecule has 0 saturated carbocycles. The van der Waals surface area contributed by atoms with Crippen molar-refractivity contribution in [3.63, 3.8) is 0 Å². The average molecular weight is 437 g/mol. The molecule has 3 rings (SSSR count). The molecule has 3 aliphatic rings. The summed E-state index contributed by atoms with van der Waals surface area (Å²) in [4.78, 5) is 43.3. The van der Waals surface area contributed by atoms with E-state index in [-0.39, 0.29) is 31.6 Å². The molecule has 174 valence electrons. The highest BCUT2D eigenvalue weighted by Crippen LogP contribution is 2.63. The van der Waals surface area contributed by atoms with Crippen molar-refractivity contribution in [1.29, 1.82) is 0 Å². The maximum Gasteiger partial charge on any atom is 0.312 e. The van der Waals surface area contributed by atoms with Crippen LogP contribution < -0.4 is 0 Å². The third kappa shape index (κ3) is 3.78. The van der Waals surface area contributed by atoms with Crippen LogP contribution in [0.4, 0.5) is 0 Å². The molecular weight excluding hydrogens is 400 g/mol. The number of β-amino-alcohol motifs (C(OH)–C–C–N with tert-alkyl or cyclic N) is 1. The Morgan fingerprint density at radius 3 is 2.71 bits per heavy atom. The van der Waals surface area contributed by atoms with Crippen LogP contribution in [-0.4, -0.2) is 82.8 Å². The topological polar surface area (TPSA) is 96.4 Å². The third-order valence-electron chi connectivity index (χ3n) is 7.08. The van der Waals surface area contributed by atoms with Crippen molar-refractivity contribution in [2.45, 2.75) is 70.1 Å². The number of aliphatic hydroxyl groups is 1. The Labute approximate surface area is 184 Å². The molecule has 3 aliphatic heterocycles. The largest absolute Gasteiger partial charge is 0.466 e. The van der Waals surface area contributed by atoms with Crippen molar-refractivity contribution in [3.8, 4) is 0 Å². The first-order valence-corrected chi connectivity index (χ1v) is 11.5. The van der Waals surface area contributed by atoms with Crippen molar-refractivity contribution < 1.29 is 29.0 Å². The van der Waals surface area contributed by atoms with E-state index in [4.69, 9.17) is 9.47 Å². The molecule has 3 saturated heterocycles. The Kier molecular flexibility index (Phi) is 7.11. The molecule has 0 aromatic carbocycles. The summed E-state index contributed by atoms with van der Waals surface area (Å²) in [7, 11) is 0. The first kappa shape index (κ1) is 23.7. The Bertz CT molecular complexity index is 727. The van der Waals surface area contributed by atoms with E-state index in [9.17, 15) is 19.5 Å². The summed E-state index contributed by atoms with van der Waals surface area (Å²) in [5.74, 6) is -2.48. The molecule has 3 fully saturated rings. The second-order valence-corrected chi connectivity index (χ2v) is 9.01. The standard InChI is InChI=1S/C23H36N2O6/c1-5-8-9-13-24(12-6-2)20(28)18-23-11-10-22(4,31-23)17(21(29)30-7-3)16(23)19(27)25(18)14-15-26/h6,16-18,26H,2,5,7-15H2,1,3-4H3/t16-,17+,18?,22-,23?/m0/s1. The predicted octanol–water partition coefficient (Wildman–Crippen LogP) is 1.51. The monoisotopic (exact) mass is 436 g/mol. The van der Waals surface area contributed by atoms with Gasteiger partial charge in [-0.15, -0.1) is 6.58 Å². The zero-order chi connectivity index (χ0) is 22.8. The quantitative estimate of drug-likeness (QED) is 0.300. The highest BCUT2D eigenvalue weighted by Gasteiger charge is 2.78. The van der Waals surface area contributed by atoms with E-state index in [2.05, 4.69) is 13.5 Å². The van der Waals surface area contributed by atoms with Gasteiger partial charge in [-0.1, -0.05) is 25.8 Å². The summed E-state index contributed by atoms with van der Waals surface area (Å²) >= 11 is 0. The fourth-order valence-corrected chi connectivity index (χ4v) is 5.82. The number of rotatable bonds is 11. The maximum absolute atomic E-state index is 13.8. The summed E-state index contributed by atoms with van der Waals surface area (Å²) in [5.41, 5.74) is -1.90. The first-order chi connectivity index (χ1) is 14.8. The minimum atomic E-state index is -1.07. The van der Waals surface area contributed by atoms with E-state index in [0.29, 0.717) is 25.9 Å². The molecule has 2 unspecified atom stereocenters. The molecule has 8 nitrogen and oxygen atoms in total. The number of esters is 1. The Balaban J connectivity index is 1.99. The average Bonchev–Trinajstić information content (AvgIpc) is 3.29. The van der Waals surface area contributed by atoms with Gasteiger partial charge in [0.2, 0.25) is 11.8 Å². The zero-order valence-electron chi connectivity index (χ0n) is 19.0. The molecule has 2 amide bonds. The number of fused-ring (bicyclic) bond motifs is 1. The lowest BCUT2D eigenvalue weighted by Crippen LogP contribution is -2.56. The zero-order valence-corrected chi connectivity index (χ0v) is 19.0. The highest BCUT2D eigenvalue weighted by molar-refractivity contribution is 5.98. The molecule has 0 aromatic heterocycles. The van der Waals surface area contributed by atoms with Crippen molar-refractivity contribution in [2.24, 2.45) is 11.8 Å². The number of ether oxygens (including phenoxy) is 2. The Morgan fingerprint density at radius 2 is 2.10 bits per heavy atom. The lowest BCUT2D eigenvalue weighted by Gasteiger charge is -2.36. The summed E-state index contributed by atoms with van der Waals surface area (Å²) in [6, 6.07) is -0.861. The van der Waals surface area contributed by atoms with Gasteiger partial charge in [0, 0.05) is 19.6 Å². The fraction of sp³-hybridized carbons (Fsp3) is 0.783. The molecule has 31 heavy (non-hydrogen) atoms. The van der Waals surface area contributed by atoms with Crippen LogP contribution in [0, 0.1) is 11.8 Å². The summed E-state index contributed by atoms with van der Waals surface area (Å²) < 4.78 is 11.8. The van der Waals surface area contributed by atoms with Gasteiger partial charge in [-0.3, -0.25) is 14.4 Å². The van der Waals surface area contributed by atoms with E-state index >= 15 is 0 Å². The van der Waals surface area contributed by atoms with Crippen molar-refractivity contribution in [1.82, 2.24) is 9.80 Å². The Hall–Kier alpha value is -1.93. The minimum absolute atomic E-state index is 0.0278. The lowest BCUT2D eigenvalue weighted by molar-refractivity contribution is -0.160. The van der Waals surface area contributed by atoms with Gasteiger partial charge in [0.25, 0.3) is 0 Å². The first-order valence-electron chi connectivity index (χ1n) is 11.5. The lowest BCUT2D eigenvalue weighted by atomic mass is 9.66. The van der Waals surface area contributed by atoms with Crippen LogP contribution in [-0.2, 0) is 23.9 Å². The number of hydrogen-bond donors (Lipinski definition) is 1. The third-order valence-corrected chi connectivity index (χ3v) is 7.08. The summed E-state index contributed by atoms with van der Waals surface area (Å²) in [6.07, 6.45) is 5.67. The second kappa shape index (κ2) is 9.28.